The predicted molar refractivity (Wildman–Crippen MR) is 65.9 cm³/mol. The molecule has 1 saturated heterocycles. The zero-order valence-corrected chi connectivity index (χ0v) is 10.8. The van der Waals surface area contributed by atoms with Crippen molar-refractivity contribution in [1.29, 1.82) is 0 Å². The van der Waals surface area contributed by atoms with Crippen LogP contribution in [0.5, 0.6) is 0 Å². The van der Waals surface area contributed by atoms with Crippen molar-refractivity contribution in [2.45, 2.75) is 13.0 Å². The fourth-order valence-electron chi connectivity index (χ4n) is 1.88. The minimum absolute atomic E-state index is 0.0249. The van der Waals surface area contributed by atoms with Crippen LogP contribution in [0.4, 0.5) is 5.88 Å². The molecule has 0 aromatic carbocycles. The lowest BCUT2D eigenvalue weighted by Crippen LogP contribution is -2.58. The van der Waals surface area contributed by atoms with E-state index >= 15 is 0 Å². The van der Waals surface area contributed by atoms with Gasteiger partial charge in [0.15, 0.2) is 0 Å². The number of hydrogen-bond acceptors (Lipinski definition) is 6. The molecular formula is C11H14N4O5. The number of anilines is 1. The van der Waals surface area contributed by atoms with Crippen molar-refractivity contribution in [2.75, 3.05) is 25.0 Å². The fraction of sp³-hybridized carbons (Fsp3) is 0.455. The van der Waals surface area contributed by atoms with Gasteiger partial charge in [0.25, 0.3) is 0 Å². The number of nitrogens with zero attached hydrogens (tertiary/aromatic N) is 2. The Balaban J connectivity index is 1.97. The molecule has 1 unspecified atom stereocenters. The third kappa shape index (κ3) is 3.32. The number of aliphatic carboxylic acids is 1. The van der Waals surface area contributed by atoms with Gasteiger partial charge in [-0.05, 0) is 6.92 Å². The number of hydrogen-bond donors (Lipinski definition) is 3. The Morgan fingerprint density at radius 2 is 2.40 bits per heavy atom. The lowest BCUT2D eigenvalue weighted by Gasteiger charge is -2.31. The smallest absolute Gasteiger partial charge is 0.322 e. The van der Waals surface area contributed by atoms with Crippen LogP contribution in [0.1, 0.15) is 5.69 Å². The molecule has 9 heteroatoms. The number of aryl methyl sites for hydroxylation is 1. The minimum Gasteiger partial charge on any atom is -0.480 e. The van der Waals surface area contributed by atoms with Crippen molar-refractivity contribution in [3.05, 3.63) is 11.8 Å². The summed E-state index contributed by atoms with van der Waals surface area (Å²) in [5, 5.41) is 17.6. The molecular weight excluding hydrogens is 268 g/mol. The molecule has 1 atom stereocenters. The van der Waals surface area contributed by atoms with Crippen molar-refractivity contribution < 1.29 is 24.0 Å². The number of carboxylic acids is 1. The first-order valence-electron chi connectivity index (χ1n) is 5.92. The molecule has 1 aromatic rings. The van der Waals surface area contributed by atoms with Crippen LogP contribution < -0.4 is 10.6 Å². The third-order valence-electron chi connectivity index (χ3n) is 2.80. The van der Waals surface area contributed by atoms with Crippen molar-refractivity contribution >= 4 is 23.7 Å². The Morgan fingerprint density at radius 3 is 3.00 bits per heavy atom. The molecule has 1 fully saturated rings. The first kappa shape index (κ1) is 14.0. The van der Waals surface area contributed by atoms with Crippen LogP contribution in [0, 0.1) is 6.92 Å². The average molecular weight is 282 g/mol. The molecule has 9 nitrogen and oxygen atoms in total. The summed E-state index contributed by atoms with van der Waals surface area (Å²) in [6, 6.07) is 0.616. The molecule has 20 heavy (non-hydrogen) atoms. The van der Waals surface area contributed by atoms with Gasteiger partial charge in [-0.1, -0.05) is 5.16 Å². The van der Waals surface area contributed by atoms with Gasteiger partial charge in [-0.3, -0.25) is 24.6 Å². The second-order valence-corrected chi connectivity index (χ2v) is 4.44. The van der Waals surface area contributed by atoms with E-state index in [1.165, 1.54) is 11.0 Å². The summed E-state index contributed by atoms with van der Waals surface area (Å²) in [7, 11) is 0. The minimum atomic E-state index is -1.09. The number of nitrogens with one attached hydrogen (secondary N) is 2. The molecule has 3 N–H and O–H groups in total. The maximum absolute atomic E-state index is 11.8. The lowest BCUT2D eigenvalue weighted by atomic mass is 10.2. The van der Waals surface area contributed by atoms with Gasteiger partial charge in [-0.2, -0.15) is 0 Å². The summed E-state index contributed by atoms with van der Waals surface area (Å²) >= 11 is 0. The molecule has 0 bridgehead atoms. The van der Waals surface area contributed by atoms with E-state index in [1.54, 1.807) is 6.92 Å². The van der Waals surface area contributed by atoms with Gasteiger partial charge < -0.3 is 14.9 Å². The van der Waals surface area contributed by atoms with E-state index in [4.69, 9.17) is 9.63 Å². The highest BCUT2D eigenvalue weighted by Crippen LogP contribution is 2.09. The highest BCUT2D eigenvalue weighted by atomic mass is 16.5. The summed E-state index contributed by atoms with van der Waals surface area (Å²) in [5.74, 6) is -1.69. The van der Waals surface area contributed by atoms with Crippen molar-refractivity contribution in [2.24, 2.45) is 0 Å². The SMILES string of the molecule is Cc1cc(NC(=O)CN2CC(=O)NCC2C(=O)O)on1. The van der Waals surface area contributed by atoms with E-state index in [-0.39, 0.29) is 31.4 Å². The van der Waals surface area contributed by atoms with Crippen molar-refractivity contribution in [3.63, 3.8) is 0 Å². The Morgan fingerprint density at radius 1 is 1.65 bits per heavy atom. The Hall–Kier alpha value is -2.42. The van der Waals surface area contributed by atoms with E-state index in [1.807, 2.05) is 0 Å². The molecule has 0 radical (unpaired) electrons. The molecule has 0 saturated carbocycles. The predicted octanol–water partition coefficient (Wildman–Crippen LogP) is -1.19. The zero-order valence-electron chi connectivity index (χ0n) is 10.8. The third-order valence-corrected chi connectivity index (χ3v) is 2.80. The van der Waals surface area contributed by atoms with Gasteiger partial charge in [0.1, 0.15) is 6.04 Å². The maximum atomic E-state index is 11.8. The van der Waals surface area contributed by atoms with E-state index < -0.39 is 17.9 Å². The van der Waals surface area contributed by atoms with Crippen molar-refractivity contribution in [3.8, 4) is 0 Å². The summed E-state index contributed by atoms with van der Waals surface area (Å²) in [5.41, 5.74) is 0.612. The molecule has 1 aromatic heterocycles. The number of carboxylic acid groups (broad SMARTS) is 1. The maximum Gasteiger partial charge on any atom is 0.322 e. The van der Waals surface area contributed by atoms with Crippen LogP contribution in [0.25, 0.3) is 0 Å². The molecule has 2 heterocycles. The number of aromatic nitrogens is 1. The Bertz CT molecular complexity index is 541. The van der Waals surface area contributed by atoms with E-state index in [2.05, 4.69) is 15.8 Å². The lowest BCUT2D eigenvalue weighted by molar-refractivity contribution is -0.146. The van der Waals surface area contributed by atoms with Crippen LogP contribution in [0.15, 0.2) is 10.6 Å². The van der Waals surface area contributed by atoms with Gasteiger partial charge in [-0.25, -0.2) is 0 Å². The first-order valence-corrected chi connectivity index (χ1v) is 5.92. The molecule has 108 valence electrons. The van der Waals surface area contributed by atoms with E-state index in [0.717, 1.165) is 0 Å². The van der Waals surface area contributed by atoms with Crippen LogP contribution in [0.3, 0.4) is 0 Å². The normalized spacial score (nSPS) is 19.4. The molecule has 2 rings (SSSR count). The Kier molecular flexibility index (Phi) is 3.99. The van der Waals surface area contributed by atoms with Crippen LogP contribution in [-0.2, 0) is 14.4 Å². The topological polar surface area (TPSA) is 125 Å². The Labute approximate surface area is 113 Å². The van der Waals surface area contributed by atoms with Crippen LogP contribution in [-0.4, -0.2) is 58.6 Å². The van der Waals surface area contributed by atoms with Gasteiger partial charge in [0, 0.05) is 12.6 Å². The highest BCUT2D eigenvalue weighted by molar-refractivity contribution is 5.92. The second kappa shape index (κ2) is 5.70. The molecule has 0 aliphatic carbocycles. The quantitative estimate of drug-likeness (QED) is 0.633. The standard InChI is InChI=1S/C11H14N4O5/c1-6-2-10(20-14-6)13-9(17)5-15-4-8(16)12-3-7(15)11(18)19/h2,7H,3-5H2,1H3,(H,12,16)(H,13,17)(H,18,19). The summed E-state index contributed by atoms with van der Waals surface area (Å²) in [4.78, 5) is 35.4. The second-order valence-electron chi connectivity index (χ2n) is 4.44. The molecule has 2 amide bonds. The largest absolute Gasteiger partial charge is 0.480 e. The summed E-state index contributed by atoms with van der Waals surface area (Å²) in [6.07, 6.45) is 0. The number of amides is 2. The number of piperazine rings is 1. The zero-order chi connectivity index (χ0) is 14.7. The number of rotatable bonds is 4. The van der Waals surface area contributed by atoms with Crippen LogP contribution in [0.2, 0.25) is 0 Å². The van der Waals surface area contributed by atoms with Gasteiger partial charge in [-0.15, -0.1) is 0 Å². The van der Waals surface area contributed by atoms with E-state index in [0.29, 0.717) is 5.69 Å². The van der Waals surface area contributed by atoms with Gasteiger partial charge >= 0.3 is 5.97 Å². The average Bonchev–Trinajstić information content (AvgIpc) is 2.74. The van der Waals surface area contributed by atoms with Crippen LogP contribution >= 0.6 is 0 Å². The highest BCUT2D eigenvalue weighted by Gasteiger charge is 2.33. The summed E-state index contributed by atoms with van der Waals surface area (Å²) < 4.78 is 4.82. The fourth-order valence-corrected chi connectivity index (χ4v) is 1.88. The molecule has 0 spiro atoms. The number of carbonyl (C=O) groups excluding carboxylic acids is 2. The van der Waals surface area contributed by atoms with Gasteiger partial charge in [0.05, 0.1) is 18.8 Å². The summed E-state index contributed by atoms with van der Waals surface area (Å²) in [6.45, 7) is 1.32. The first-order chi connectivity index (χ1) is 9.45. The molecule has 1 aliphatic rings. The number of carbonyl (C=O) groups is 3. The van der Waals surface area contributed by atoms with Crippen molar-refractivity contribution in [1.82, 2.24) is 15.4 Å². The van der Waals surface area contributed by atoms with Gasteiger partial charge in [0.2, 0.25) is 17.7 Å². The monoisotopic (exact) mass is 282 g/mol. The van der Waals surface area contributed by atoms with E-state index in [9.17, 15) is 14.4 Å². The molecule has 1 aliphatic heterocycles.